The fourth-order valence-corrected chi connectivity index (χ4v) is 2.20. The molecule has 92 valence electrons. The van der Waals surface area contributed by atoms with Crippen molar-refractivity contribution in [3.8, 4) is 0 Å². The van der Waals surface area contributed by atoms with E-state index in [0.29, 0.717) is 11.6 Å². The van der Waals surface area contributed by atoms with Crippen molar-refractivity contribution in [2.45, 2.75) is 31.3 Å². The van der Waals surface area contributed by atoms with Crippen LogP contribution < -0.4 is 11.1 Å². The number of rotatable bonds is 3. The van der Waals surface area contributed by atoms with E-state index in [4.69, 9.17) is 5.73 Å². The maximum absolute atomic E-state index is 11.3. The molecule has 2 rings (SSSR count). The van der Waals surface area contributed by atoms with Gasteiger partial charge in [-0.25, -0.2) is 4.79 Å². The van der Waals surface area contributed by atoms with Crippen molar-refractivity contribution < 1.29 is 9.53 Å². The van der Waals surface area contributed by atoms with E-state index in [2.05, 4.69) is 10.1 Å². The van der Waals surface area contributed by atoms with Gasteiger partial charge >= 0.3 is 5.97 Å². The van der Waals surface area contributed by atoms with E-state index in [1.807, 2.05) is 12.1 Å². The number of hydrogen-bond donors (Lipinski definition) is 2. The van der Waals surface area contributed by atoms with Crippen LogP contribution in [0.3, 0.4) is 0 Å². The van der Waals surface area contributed by atoms with Crippen molar-refractivity contribution in [3.05, 3.63) is 29.8 Å². The Hall–Kier alpha value is -1.55. The Bertz CT molecular complexity index is 389. The summed E-state index contributed by atoms with van der Waals surface area (Å²) >= 11 is 0. The van der Waals surface area contributed by atoms with Crippen molar-refractivity contribution in [1.82, 2.24) is 0 Å². The van der Waals surface area contributed by atoms with Gasteiger partial charge in [0.15, 0.2) is 0 Å². The fourth-order valence-electron chi connectivity index (χ4n) is 2.20. The van der Waals surface area contributed by atoms with Gasteiger partial charge in [0.2, 0.25) is 0 Å². The molecule has 4 nitrogen and oxygen atoms in total. The summed E-state index contributed by atoms with van der Waals surface area (Å²) in [6, 6.07) is 7.87. The Morgan fingerprint density at radius 3 is 2.59 bits per heavy atom. The fraction of sp³-hybridized carbons (Fsp3) is 0.462. The predicted octanol–water partition coefficient (Wildman–Crippen LogP) is 1.76. The highest BCUT2D eigenvalue weighted by Crippen LogP contribution is 2.21. The zero-order valence-corrected chi connectivity index (χ0v) is 9.98. The Labute approximate surface area is 101 Å². The molecule has 0 aromatic heterocycles. The van der Waals surface area contributed by atoms with Crippen molar-refractivity contribution in [3.63, 3.8) is 0 Å². The smallest absolute Gasteiger partial charge is 0.337 e. The van der Waals surface area contributed by atoms with Gasteiger partial charge in [-0.1, -0.05) is 0 Å². The van der Waals surface area contributed by atoms with E-state index in [1.54, 1.807) is 12.1 Å². The van der Waals surface area contributed by atoms with Crippen LogP contribution in [0.2, 0.25) is 0 Å². The number of nitrogens with two attached hydrogens (primary N) is 1. The maximum Gasteiger partial charge on any atom is 0.337 e. The van der Waals surface area contributed by atoms with Crippen LogP contribution in [0.1, 0.15) is 29.6 Å². The number of benzene rings is 1. The summed E-state index contributed by atoms with van der Waals surface area (Å²) in [4.78, 5) is 11.3. The molecule has 2 unspecified atom stereocenters. The van der Waals surface area contributed by atoms with Crippen LogP contribution in [-0.4, -0.2) is 25.2 Å². The van der Waals surface area contributed by atoms with E-state index < -0.39 is 0 Å². The summed E-state index contributed by atoms with van der Waals surface area (Å²) < 4.78 is 4.65. The van der Waals surface area contributed by atoms with Crippen molar-refractivity contribution in [2.75, 3.05) is 12.4 Å². The van der Waals surface area contributed by atoms with Gasteiger partial charge in [0.25, 0.3) is 0 Å². The van der Waals surface area contributed by atoms with Crippen molar-refractivity contribution in [1.29, 1.82) is 0 Å². The molecule has 0 aliphatic heterocycles. The zero-order chi connectivity index (χ0) is 12.3. The highest BCUT2D eigenvalue weighted by molar-refractivity contribution is 5.89. The predicted molar refractivity (Wildman–Crippen MR) is 67.0 cm³/mol. The SMILES string of the molecule is COC(=O)c1ccc(NC2CCCC2N)cc1. The summed E-state index contributed by atoms with van der Waals surface area (Å²) in [7, 11) is 1.38. The molecule has 4 heteroatoms. The molecule has 0 amide bonds. The maximum atomic E-state index is 11.3. The average Bonchev–Trinajstić information content (AvgIpc) is 2.75. The van der Waals surface area contributed by atoms with Gasteiger partial charge in [0, 0.05) is 17.8 Å². The second kappa shape index (κ2) is 5.19. The lowest BCUT2D eigenvalue weighted by Crippen LogP contribution is -2.35. The monoisotopic (exact) mass is 234 g/mol. The van der Waals surface area contributed by atoms with Gasteiger partial charge in [-0.2, -0.15) is 0 Å². The molecule has 1 fully saturated rings. The molecule has 0 radical (unpaired) electrons. The van der Waals surface area contributed by atoms with Gasteiger partial charge in [-0.05, 0) is 43.5 Å². The Kier molecular flexibility index (Phi) is 3.64. The molecule has 2 atom stereocenters. The quantitative estimate of drug-likeness (QED) is 0.782. The molecule has 17 heavy (non-hydrogen) atoms. The lowest BCUT2D eigenvalue weighted by molar-refractivity contribution is 0.0601. The van der Waals surface area contributed by atoms with Gasteiger partial charge in [0.1, 0.15) is 0 Å². The molecule has 0 heterocycles. The number of carbonyl (C=O) groups excluding carboxylic acids is 1. The first-order valence-corrected chi connectivity index (χ1v) is 5.91. The largest absolute Gasteiger partial charge is 0.465 e. The van der Waals surface area contributed by atoms with Crippen LogP contribution in [-0.2, 0) is 4.74 Å². The topological polar surface area (TPSA) is 64.3 Å². The third kappa shape index (κ3) is 2.77. The number of anilines is 1. The first-order valence-electron chi connectivity index (χ1n) is 5.91. The molecular formula is C13H18N2O2. The van der Waals surface area contributed by atoms with Crippen LogP contribution >= 0.6 is 0 Å². The molecule has 1 aliphatic carbocycles. The Balaban J connectivity index is 2.00. The number of methoxy groups -OCH3 is 1. The second-order valence-corrected chi connectivity index (χ2v) is 4.41. The molecule has 1 aromatic rings. The normalized spacial score (nSPS) is 23.4. The number of esters is 1. The third-order valence-corrected chi connectivity index (χ3v) is 3.23. The van der Waals surface area contributed by atoms with Gasteiger partial charge in [-0.3, -0.25) is 0 Å². The van der Waals surface area contributed by atoms with E-state index in [9.17, 15) is 4.79 Å². The standard InChI is InChI=1S/C13H18N2O2/c1-17-13(16)9-5-7-10(8-6-9)15-12-4-2-3-11(12)14/h5-8,11-12,15H,2-4,14H2,1H3. The summed E-state index contributed by atoms with van der Waals surface area (Å²) in [5.74, 6) is -0.311. The highest BCUT2D eigenvalue weighted by Gasteiger charge is 2.23. The number of hydrogen-bond acceptors (Lipinski definition) is 4. The van der Waals surface area contributed by atoms with E-state index in [0.717, 1.165) is 18.5 Å². The molecule has 1 aromatic carbocycles. The van der Waals surface area contributed by atoms with Crippen LogP contribution in [0.15, 0.2) is 24.3 Å². The first-order chi connectivity index (χ1) is 8.20. The summed E-state index contributed by atoms with van der Waals surface area (Å²) in [6.45, 7) is 0. The number of ether oxygens (including phenoxy) is 1. The molecule has 0 bridgehead atoms. The van der Waals surface area contributed by atoms with Crippen molar-refractivity contribution >= 4 is 11.7 Å². The molecular weight excluding hydrogens is 216 g/mol. The molecule has 1 saturated carbocycles. The van der Waals surface area contributed by atoms with Crippen LogP contribution in [0.25, 0.3) is 0 Å². The third-order valence-electron chi connectivity index (χ3n) is 3.23. The molecule has 3 N–H and O–H groups in total. The van der Waals surface area contributed by atoms with E-state index in [-0.39, 0.29) is 12.0 Å². The second-order valence-electron chi connectivity index (χ2n) is 4.41. The van der Waals surface area contributed by atoms with Crippen molar-refractivity contribution in [2.24, 2.45) is 5.73 Å². The lowest BCUT2D eigenvalue weighted by atomic mass is 10.1. The molecule has 0 saturated heterocycles. The molecule has 1 aliphatic rings. The first kappa shape index (κ1) is 11.9. The van der Waals surface area contributed by atoms with E-state index in [1.165, 1.54) is 13.5 Å². The Morgan fingerprint density at radius 1 is 1.35 bits per heavy atom. The Morgan fingerprint density at radius 2 is 2.06 bits per heavy atom. The van der Waals surface area contributed by atoms with Gasteiger partial charge < -0.3 is 15.8 Å². The van der Waals surface area contributed by atoms with Gasteiger partial charge in [-0.15, -0.1) is 0 Å². The van der Waals surface area contributed by atoms with Crippen LogP contribution in [0, 0.1) is 0 Å². The minimum atomic E-state index is -0.311. The minimum Gasteiger partial charge on any atom is -0.465 e. The number of carbonyl (C=O) groups is 1. The molecule has 0 spiro atoms. The summed E-state index contributed by atoms with van der Waals surface area (Å²) in [5.41, 5.74) is 7.55. The number of nitrogens with one attached hydrogen (secondary N) is 1. The lowest BCUT2D eigenvalue weighted by Gasteiger charge is -2.18. The summed E-state index contributed by atoms with van der Waals surface area (Å²) in [6.07, 6.45) is 3.37. The summed E-state index contributed by atoms with van der Waals surface area (Å²) in [5, 5.41) is 3.40. The minimum absolute atomic E-state index is 0.232. The zero-order valence-electron chi connectivity index (χ0n) is 9.98. The van der Waals surface area contributed by atoms with E-state index >= 15 is 0 Å². The average molecular weight is 234 g/mol. The van der Waals surface area contributed by atoms with Gasteiger partial charge in [0.05, 0.1) is 12.7 Å². The van der Waals surface area contributed by atoms with Crippen LogP contribution in [0.4, 0.5) is 5.69 Å². The van der Waals surface area contributed by atoms with Crippen LogP contribution in [0.5, 0.6) is 0 Å². The highest BCUT2D eigenvalue weighted by atomic mass is 16.5.